The number of benzene rings is 2. The smallest absolute Gasteiger partial charge is 0.265 e. The van der Waals surface area contributed by atoms with Crippen LogP contribution in [0, 0.1) is 5.82 Å². The molecule has 0 aliphatic rings. The van der Waals surface area contributed by atoms with Crippen molar-refractivity contribution in [2.75, 3.05) is 5.32 Å². The zero-order chi connectivity index (χ0) is 15.9. The minimum atomic E-state index is -0.586. The van der Waals surface area contributed by atoms with Gasteiger partial charge in [0.15, 0.2) is 6.10 Å². The Morgan fingerprint density at radius 2 is 1.73 bits per heavy atom. The summed E-state index contributed by atoms with van der Waals surface area (Å²) in [7, 11) is 0. The molecule has 2 aromatic rings. The van der Waals surface area contributed by atoms with Crippen LogP contribution in [0.15, 0.2) is 48.5 Å². The first-order valence-electron chi connectivity index (χ1n) is 7.44. The molecule has 0 aliphatic carbocycles. The standard InChI is InChI=1S/C18H20FNO2/c1-3-13-5-11-16(12-6-13)22-17(4-2)18(21)20-15-9-7-14(19)8-10-15/h5-12,17H,3-4H2,1-2H3,(H,20,21). The van der Waals surface area contributed by atoms with Crippen molar-refractivity contribution >= 4 is 11.6 Å². The molecule has 0 aromatic heterocycles. The number of hydrogen-bond donors (Lipinski definition) is 1. The lowest BCUT2D eigenvalue weighted by molar-refractivity contribution is -0.122. The highest BCUT2D eigenvalue weighted by molar-refractivity contribution is 5.94. The molecule has 0 fully saturated rings. The van der Waals surface area contributed by atoms with Gasteiger partial charge in [0.05, 0.1) is 0 Å². The summed E-state index contributed by atoms with van der Waals surface area (Å²) < 4.78 is 18.6. The first kappa shape index (κ1) is 16.0. The molecule has 0 aliphatic heterocycles. The second-order valence-electron chi connectivity index (χ2n) is 5.01. The molecule has 1 unspecified atom stereocenters. The lowest BCUT2D eigenvalue weighted by atomic mass is 10.1. The van der Waals surface area contributed by atoms with Crippen molar-refractivity contribution in [3.05, 3.63) is 59.9 Å². The number of amides is 1. The summed E-state index contributed by atoms with van der Waals surface area (Å²) in [4.78, 5) is 12.2. The molecule has 1 atom stereocenters. The van der Waals surface area contributed by atoms with Crippen LogP contribution in [0.2, 0.25) is 0 Å². The summed E-state index contributed by atoms with van der Waals surface area (Å²) in [6.45, 7) is 3.97. The Morgan fingerprint density at radius 3 is 2.27 bits per heavy atom. The number of halogens is 1. The van der Waals surface area contributed by atoms with E-state index < -0.39 is 6.10 Å². The molecule has 1 amide bonds. The zero-order valence-corrected chi connectivity index (χ0v) is 12.8. The molecule has 2 aromatic carbocycles. The number of anilines is 1. The highest BCUT2D eigenvalue weighted by atomic mass is 19.1. The van der Waals surface area contributed by atoms with E-state index in [1.807, 2.05) is 31.2 Å². The van der Waals surface area contributed by atoms with E-state index in [1.54, 1.807) is 0 Å². The van der Waals surface area contributed by atoms with Crippen molar-refractivity contribution in [2.24, 2.45) is 0 Å². The van der Waals surface area contributed by atoms with Gasteiger partial charge in [-0.2, -0.15) is 0 Å². The molecule has 22 heavy (non-hydrogen) atoms. The molecule has 4 heteroatoms. The van der Waals surface area contributed by atoms with Crippen LogP contribution in [0.4, 0.5) is 10.1 Å². The van der Waals surface area contributed by atoms with Gasteiger partial charge in [-0.25, -0.2) is 4.39 Å². The fraction of sp³-hybridized carbons (Fsp3) is 0.278. The van der Waals surface area contributed by atoms with E-state index in [0.717, 1.165) is 6.42 Å². The normalized spacial score (nSPS) is 11.8. The van der Waals surface area contributed by atoms with Gasteiger partial charge in [-0.15, -0.1) is 0 Å². The van der Waals surface area contributed by atoms with E-state index in [9.17, 15) is 9.18 Å². The quantitative estimate of drug-likeness (QED) is 0.869. The lowest BCUT2D eigenvalue weighted by Crippen LogP contribution is -2.32. The maximum Gasteiger partial charge on any atom is 0.265 e. The van der Waals surface area contributed by atoms with E-state index in [0.29, 0.717) is 17.9 Å². The number of nitrogens with one attached hydrogen (secondary N) is 1. The van der Waals surface area contributed by atoms with Gasteiger partial charge in [-0.3, -0.25) is 4.79 Å². The molecule has 0 saturated heterocycles. The third kappa shape index (κ3) is 4.32. The average Bonchev–Trinajstić information content (AvgIpc) is 2.55. The van der Waals surface area contributed by atoms with E-state index in [4.69, 9.17) is 4.74 Å². The lowest BCUT2D eigenvalue weighted by Gasteiger charge is -2.17. The van der Waals surface area contributed by atoms with E-state index in [-0.39, 0.29) is 11.7 Å². The van der Waals surface area contributed by atoms with Crippen LogP contribution < -0.4 is 10.1 Å². The van der Waals surface area contributed by atoms with E-state index >= 15 is 0 Å². The van der Waals surface area contributed by atoms with Crippen LogP contribution in [-0.2, 0) is 11.2 Å². The van der Waals surface area contributed by atoms with Crippen LogP contribution >= 0.6 is 0 Å². The van der Waals surface area contributed by atoms with Crippen molar-refractivity contribution in [1.82, 2.24) is 0 Å². The first-order chi connectivity index (χ1) is 10.6. The van der Waals surface area contributed by atoms with Crippen molar-refractivity contribution in [3.63, 3.8) is 0 Å². The van der Waals surface area contributed by atoms with Crippen LogP contribution in [0.25, 0.3) is 0 Å². The number of aryl methyl sites for hydroxylation is 1. The summed E-state index contributed by atoms with van der Waals surface area (Å²) in [5, 5.41) is 2.73. The number of carbonyl (C=O) groups is 1. The zero-order valence-electron chi connectivity index (χ0n) is 12.8. The monoisotopic (exact) mass is 301 g/mol. The highest BCUT2D eigenvalue weighted by Crippen LogP contribution is 2.17. The first-order valence-corrected chi connectivity index (χ1v) is 7.44. The van der Waals surface area contributed by atoms with Gasteiger partial charge in [0.25, 0.3) is 5.91 Å². The molecule has 0 saturated carbocycles. The van der Waals surface area contributed by atoms with Gasteiger partial charge in [0.2, 0.25) is 0 Å². The number of carbonyl (C=O) groups excluding carboxylic acids is 1. The Hall–Kier alpha value is -2.36. The van der Waals surface area contributed by atoms with Gasteiger partial charge < -0.3 is 10.1 Å². The Bertz CT molecular complexity index is 608. The number of hydrogen-bond acceptors (Lipinski definition) is 2. The number of ether oxygens (including phenoxy) is 1. The van der Waals surface area contributed by atoms with Crippen molar-refractivity contribution in [3.8, 4) is 5.75 Å². The molecule has 0 radical (unpaired) electrons. The van der Waals surface area contributed by atoms with Crippen molar-refractivity contribution in [2.45, 2.75) is 32.8 Å². The van der Waals surface area contributed by atoms with Gasteiger partial charge >= 0.3 is 0 Å². The largest absolute Gasteiger partial charge is 0.481 e. The molecule has 3 nitrogen and oxygen atoms in total. The molecule has 2 rings (SSSR count). The summed E-state index contributed by atoms with van der Waals surface area (Å²) in [5.74, 6) is 0.0873. The van der Waals surface area contributed by atoms with Crippen molar-refractivity contribution in [1.29, 1.82) is 0 Å². The van der Waals surface area contributed by atoms with Crippen LogP contribution in [0.3, 0.4) is 0 Å². The van der Waals surface area contributed by atoms with Crippen LogP contribution in [0.1, 0.15) is 25.8 Å². The van der Waals surface area contributed by atoms with Crippen LogP contribution in [0.5, 0.6) is 5.75 Å². The topological polar surface area (TPSA) is 38.3 Å². The predicted molar refractivity (Wildman–Crippen MR) is 85.6 cm³/mol. The third-order valence-electron chi connectivity index (χ3n) is 3.38. The van der Waals surface area contributed by atoms with Gasteiger partial charge in [-0.1, -0.05) is 26.0 Å². The second-order valence-corrected chi connectivity index (χ2v) is 5.01. The maximum atomic E-state index is 12.9. The fourth-order valence-electron chi connectivity index (χ4n) is 2.05. The average molecular weight is 301 g/mol. The van der Waals surface area contributed by atoms with Gasteiger partial charge in [-0.05, 0) is 54.8 Å². The van der Waals surface area contributed by atoms with E-state index in [1.165, 1.54) is 29.8 Å². The number of rotatable bonds is 6. The van der Waals surface area contributed by atoms with Crippen LogP contribution in [-0.4, -0.2) is 12.0 Å². The molecule has 0 spiro atoms. The van der Waals surface area contributed by atoms with E-state index in [2.05, 4.69) is 12.2 Å². The Kier molecular flexibility index (Phi) is 5.53. The molecule has 0 bridgehead atoms. The molecule has 116 valence electrons. The van der Waals surface area contributed by atoms with Gasteiger partial charge in [0.1, 0.15) is 11.6 Å². The fourth-order valence-corrected chi connectivity index (χ4v) is 2.05. The summed E-state index contributed by atoms with van der Waals surface area (Å²) in [6.07, 6.45) is 0.919. The maximum absolute atomic E-state index is 12.9. The van der Waals surface area contributed by atoms with Crippen molar-refractivity contribution < 1.29 is 13.9 Å². The highest BCUT2D eigenvalue weighted by Gasteiger charge is 2.18. The summed E-state index contributed by atoms with van der Waals surface area (Å²) >= 11 is 0. The minimum Gasteiger partial charge on any atom is -0.481 e. The molecule has 1 N–H and O–H groups in total. The Labute approximate surface area is 130 Å². The summed E-state index contributed by atoms with van der Waals surface area (Å²) in [5.41, 5.74) is 1.77. The molecule has 0 heterocycles. The Morgan fingerprint density at radius 1 is 1.09 bits per heavy atom. The predicted octanol–water partition coefficient (Wildman–Crippen LogP) is 4.18. The molecular formula is C18H20FNO2. The second kappa shape index (κ2) is 7.59. The van der Waals surface area contributed by atoms with Gasteiger partial charge in [0, 0.05) is 5.69 Å². The summed E-state index contributed by atoms with van der Waals surface area (Å²) in [6, 6.07) is 13.4. The third-order valence-corrected chi connectivity index (χ3v) is 3.38. The Balaban J connectivity index is 2.00. The SMILES string of the molecule is CCc1ccc(OC(CC)C(=O)Nc2ccc(F)cc2)cc1. The molecular weight excluding hydrogens is 281 g/mol. The minimum absolute atomic E-state index is 0.242.